The molecule has 1 fully saturated rings. The van der Waals surface area contributed by atoms with Gasteiger partial charge in [-0.2, -0.15) is 0 Å². The summed E-state index contributed by atoms with van der Waals surface area (Å²) in [5.41, 5.74) is 13.7. The Morgan fingerprint density at radius 3 is 2.47 bits per heavy atom. The van der Waals surface area contributed by atoms with E-state index in [1.54, 1.807) is 17.0 Å². The van der Waals surface area contributed by atoms with E-state index in [1.807, 2.05) is 41.1 Å². The van der Waals surface area contributed by atoms with Crippen molar-refractivity contribution in [3.63, 3.8) is 0 Å². The van der Waals surface area contributed by atoms with Gasteiger partial charge in [0.2, 0.25) is 5.56 Å². The largest absolute Gasteiger partial charge is 0.506 e. The first kappa shape index (κ1) is 41.8. The molecule has 310 valence electrons. The van der Waals surface area contributed by atoms with E-state index in [4.69, 9.17) is 10.2 Å². The van der Waals surface area contributed by atoms with Crippen molar-refractivity contribution in [1.29, 1.82) is 0 Å². The van der Waals surface area contributed by atoms with E-state index in [9.17, 15) is 19.8 Å². The quantitative estimate of drug-likeness (QED) is 0.0674. The summed E-state index contributed by atoms with van der Waals surface area (Å²) < 4.78 is 8.91. The van der Waals surface area contributed by atoms with Crippen LogP contribution in [0, 0.1) is 0 Å². The number of nitrogens with two attached hydrogens (primary N) is 1. The Labute approximate surface area is 346 Å². The molecule has 1 atom stereocenters. The van der Waals surface area contributed by atoms with Gasteiger partial charge in [-0.15, -0.1) is 5.10 Å². The van der Waals surface area contributed by atoms with Crippen molar-refractivity contribution in [2.24, 2.45) is 5.73 Å². The third-order valence-electron chi connectivity index (χ3n) is 12.3. The molecule has 1 saturated carbocycles. The van der Waals surface area contributed by atoms with Gasteiger partial charge in [-0.1, -0.05) is 80.6 Å². The molecule has 0 aliphatic heterocycles. The molecule has 0 saturated heterocycles. The monoisotopic (exact) mass is 815 g/mol. The second-order valence-electron chi connectivity index (χ2n) is 17.5. The molecular weight excluding hydrogens is 759 g/mol. The van der Waals surface area contributed by atoms with E-state index in [0.717, 1.165) is 88.4 Å². The van der Waals surface area contributed by atoms with Gasteiger partial charge >= 0.3 is 6.09 Å². The highest BCUT2D eigenvalue weighted by Gasteiger charge is 2.40. The molecule has 59 heavy (non-hydrogen) atoms. The molecule has 1 unspecified atom stereocenters. The number of H-pyrrole nitrogens is 1. The Morgan fingerprint density at radius 2 is 1.75 bits per heavy atom. The third kappa shape index (κ3) is 9.44. The van der Waals surface area contributed by atoms with Crippen LogP contribution < -0.4 is 21.5 Å². The zero-order valence-corrected chi connectivity index (χ0v) is 35.7. The van der Waals surface area contributed by atoms with Crippen LogP contribution in [0.4, 0.5) is 10.5 Å². The molecule has 2 heterocycles. The molecule has 1 aliphatic rings. The van der Waals surface area contributed by atoms with Crippen molar-refractivity contribution in [2.45, 2.75) is 109 Å². The summed E-state index contributed by atoms with van der Waals surface area (Å²) in [6.07, 6.45) is 3.41. The molecule has 4 aromatic carbocycles. The molecule has 12 nitrogen and oxygen atoms in total. The van der Waals surface area contributed by atoms with Gasteiger partial charge in [-0.25, -0.2) is 9.48 Å². The van der Waals surface area contributed by atoms with E-state index in [0.29, 0.717) is 25.2 Å². The Morgan fingerprint density at radius 1 is 1.00 bits per heavy atom. The second kappa shape index (κ2) is 17.5. The lowest BCUT2D eigenvalue weighted by Crippen LogP contribution is -2.44. The van der Waals surface area contributed by atoms with Crippen LogP contribution in [0.5, 0.6) is 5.75 Å². The molecule has 13 heteroatoms. The maximum Gasteiger partial charge on any atom is 0.412 e. The molecule has 1 aliphatic carbocycles. The number of amides is 1. The first-order valence-electron chi connectivity index (χ1n) is 20.7. The number of nitrogens with zero attached hydrogens (tertiary/aromatic N) is 4. The van der Waals surface area contributed by atoms with Gasteiger partial charge in [0.05, 0.1) is 22.8 Å². The fraction of sp³-hybridized carbons (Fsp3) is 0.391. The lowest BCUT2D eigenvalue weighted by molar-refractivity contribution is 0.181. The Balaban J connectivity index is 1.04. The number of benzene rings is 4. The fourth-order valence-electron chi connectivity index (χ4n) is 7.97. The minimum absolute atomic E-state index is 0.0231. The number of aryl methyl sites for hydroxylation is 2. The van der Waals surface area contributed by atoms with Gasteiger partial charge in [-0.05, 0) is 109 Å². The number of aromatic nitrogens is 4. The number of pyridine rings is 1. The number of nitrogens with one attached hydrogen (secondary N) is 2. The first-order chi connectivity index (χ1) is 28.2. The van der Waals surface area contributed by atoms with Crippen LogP contribution in [0.2, 0.25) is 18.1 Å². The number of phenols is 1. The molecule has 7 rings (SSSR count). The fourth-order valence-corrected chi connectivity index (χ4v) is 9.25. The third-order valence-corrected chi connectivity index (χ3v) is 16.8. The molecule has 0 radical (unpaired) electrons. The average Bonchev–Trinajstić information content (AvgIpc) is 3.60. The molecule has 6 aromatic rings. The van der Waals surface area contributed by atoms with E-state index in [-0.39, 0.29) is 34.5 Å². The van der Waals surface area contributed by atoms with Gasteiger partial charge in [0, 0.05) is 48.7 Å². The van der Waals surface area contributed by atoms with Crippen LogP contribution >= 0.6 is 0 Å². The number of fused-ring (bicyclic) bond motifs is 2. The molecule has 0 bridgehead atoms. The van der Waals surface area contributed by atoms with Crippen molar-refractivity contribution in [2.75, 3.05) is 11.4 Å². The number of carboxylic acid groups (broad SMARTS) is 1. The summed E-state index contributed by atoms with van der Waals surface area (Å²) in [5, 5.41) is 34.4. The number of hydrogen-bond donors (Lipinski definition) is 5. The number of anilines is 1. The highest BCUT2D eigenvalue weighted by atomic mass is 28.4. The molecule has 6 N–H and O–H groups in total. The van der Waals surface area contributed by atoms with Gasteiger partial charge in [0.15, 0.2) is 8.32 Å². The zero-order chi connectivity index (χ0) is 41.9. The normalized spacial score (nSPS) is 16.7. The Kier molecular flexibility index (Phi) is 12.4. The SMILES string of the molecule is CC(C)(C)[Si](C)(C)OC(CNCc1ccc2c(c1)nnn2CCCc1ccc(-c2ccccc2)c(N(C(=O)O)[C@H]2CC[C@H](N)CC2)c1)c1ccc(O)c2[nH]c(=O)ccc12. The van der Waals surface area contributed by atoms with Crippen LogP contribution in [0.25, 0.3) is 33.1 Å². The van der Waals surface area contributed by atoms with Crippen molar-refractivity contribution in [1.82, 2.24) is 25.3 Å². The highest BCUT2D eigenvalue weighted by Crippen LogP contribution is 2.41. The number of rotatable bonds is 14. The highest BCUT2D eigenvalue weighted by molar-refractivity contribution is 6.74. The van der Waals surface area contributed by atoms with Crippen LogP contribution in [-0.4, -0.2) is 63.2 Å². The number of phenolic OH excluding ortho intramolecular Hbond substituents is 1. The Bertz CT molecular complexity index is 2470. The Hall–Kier alpha value is -5.34. The summed E-state index contributed by atoms with van der Waals surface area (Å²) in [4.78, 5) is 29.3. The van der Waals surface area contributed by atoms with Crippen molar-refractivity contribution in [3.05, 3.63) is 118 Å². The minimum Gasteiger partial charge on any atom is -0.506 e. The maximum atomic E-state index is 12.8. The van der Waals surface area contributed by atoms with E-state index in [2.05, 4.69) is 90.9 Å². The molecule has 1 amide bonds. The number of aromatic amines is 1. The van der Waals surface area contributed by atoms with Crippen molar-refractivity contribution < 1.29 is 19.4 Å². The molecule has 0 spiro atoms. The van der Waals surface area contributed by atoms with Gasteiger partial charge in [0.25, 0.3) is 0 Å². The van der Waals surface area contributed by atoms with Gasteiger partial charge < -0.3 is 30.7 Å². The number of hydrogen-bond acceptors (Lipinski definition) is 8. The van der Waals surface area contributed by atoms with Crippen LogP contribution in [0.3, 0.4) is 0 Å². The summed E-state index contributed by atoms with van der Waals surface area (Å²) >= 11 is 0. The van der Waals surface area contributed by atoms with Gasteiger partial charge in [0.1, 0.15) is 11.3 Å². The first-order valence-corrected chi connectivity index (χ1v) is 23.6. The lowest BCUT2D eigenvalue weighted by atomic mass is 9.89. The number of aromatic hydroxyl groups is 1. The molecule has 2 aromatic heterocycles. The summed E-state index contributed by atoms with van der Waals surface area (Å²) in [6, 6.07) is 29.2. The van der Waals surface area contributed by atoms with Crippen molar-refractivity contribution in [3.8, 4) is 16.9 Å². The zero-order valence-electron chi connectivity index (χ0n) is 34.7. The standard InChI is InChI=1S/C46H57N7O5Si/c1-46(2,3)59(4,5)58-42(36-20-23-41(54)44-37(36)21-24-43(55)49-44)29-48-28-31-14-22-39-38(26-31)50-51-52(39)25-9-10-30-13-19-35(32-11-7-6-8-12-32)40(27-30)53(45(56)57)34-17-15-33(47)16-18-34/h6-8,11-14,19-24,26-27,33-34,42,48,54H,9-10,15-18,25,28-29,47H2,1-5H3,(H,49,55)(H,56,57)/t33-,34-,42?. The number of carbonyl (C=O) groups is 1. The summed E-state index contributed by atoms with van der Waals surface area (Å²) in [5.74, 6) is 0.0247. The summed E-state index contributed by atoms with van der Waals surface area (Å²) in [6.45, 7) is 12.8. The van der Waals surface area contributed by atoms with E-state index in [1.165, 1.54) is 6.07 Å². The average molecular weight is 816 g/mol. The van der Waals surface area contributed by atoms with Crippen LogP contribution in [-0.2, 0) is 23.9 Å². The van der Waals surface area contributed by atoms with E-state index >= 15 is 0 Å². The maximum absolute atomic E-state index is 12.8. The predicted octanol–water partition coefficient (Wildman–Crippen LogP) is 8.89. The van der Waals surface area contributed by atoms with Crippen LogP contribution in [0.15, 0.2) is 95.8 Å². The minimum atomic E-state index is -2.22. The topological polar surface area (TPSA) is 172 Å². The van der Waals surface area contributed by atoms with Crippen molar-refractivity contribution >= 4 is 42.0 Å². The predicted molar refractivity (Wildman–Crippen MR) is 237 cm³/mol. The summed E-state index contributed by atoms with van der Waals surface area (Å²) in [7, 11) is -2.22. The lowest BCUT2D eigenvalue weighted by Gasteiger charge is -2.39. The van der Waals surface area contributed by atoms with Gasteiger partial charge in [-0.3, -0.25) is 9.69 Å². The second-order valence-corrected chi connectivity index (χ2v) is 22.2. The van der Waals surface area contributed by atoms with Crippen LogP contribution in [0.1, 0.15) is 75.7 Å². The molecular formula is C46H57N7O5Si. The smallest absolute Gasteiger partial charge is 0.412 e. The van der Waals surface area contributed by atoms with E-state index < -0.39 is 14.4 Å².